The van der Waals surface area contributed by atoms with Crippen LogP contribution in [0.2, 0.25) is 0 Å². The van der Waals surface area contributed by atoms with Gasteiger partial charge in [0.1, 0.15) is 0 Å². The zero-order chi connectivity index (χ0) is 14.3. The van der Waals surface area contributed by atoms with Crippen LogP contribution in [0.25, 0.3) is 0 Å². The lowest BCUT2D eigenvalue weighted by Crippen LogP contribution is -2.27. The van der Waals surface area contributed by atoms with Crippen molar-refractivity contribution in [2.45, 2.75) is 18.9 Å². The lowest BCUT2D eigenvalue weighted by atomic mass is 10.1. The van der Waals surface area contributed by atoms with E-state index in [2.05, 4.69) is 5.32 Å². The van der Waals surface area contributed by atoms with E-state index in [1.54, 1.807) is 12.1 Å². The zero-order valence-corrected chi connectivity index (χ0v) is 10.2. The van der Waals surface area contributed by atoms with Crippen molar-refractivity contribution in [1.29, 1.82) is 0 Å². The molecule has 0 spiro atoms. The summed E-state index contributed by atoms with van der Waals surface area (Å²) in [6, 6.07) is 6.38. The Hall–Kier alpha value is -2.21. The van der Waals surface area contributed by atoms with Crippen molar-refractivity contribution in [2.24, 2.45) is 0 Å². The normalized spacial score (nSPS) is 11.6. The van der Waals surface area contributed by atoms with Gasteiger partial charge in [-0.1, -0.05) is 18.2 Å². The number of carboxylic acid groups (broad SMARTS) is 1. The van der Waals surface area contributed by atoms with Crippen molar-refractivity contribution in [3.8, 4) is 0 Å². The molecule has 0 aliphatic heterocycles. The number of hydrogen-bond acceptors (Lipinski definition) is 4. The van der Waals surface area contributed by atoms with Gasteiger partial charge >= 0.3 is 5.97 Å². The molecule has 3 N–H and O–H groups in total. The maximum Gasteiger partial charge on any atom is 0.332 e. The fourth-order valence-electron chi connectivity index (χ4n) is 1.52. The highest BCUT2D eigenvalue weighted by Gasteiger charge is 2.13. The number of amides is 1. The monoisotopic (exact) mass is 265 g/mol. The molecule has 1 aromatic carbocycles. The van der Waals surface area contributed by atoms with Gasteiger partial charge in [-0.05, 0) is 18.9 Å². The predicted molar refractivity (Wildman–Crippen MR) is 67.0 cm³/mol. The van der Waals surface area contributed by atoms with Crippen molar-refractivity contribution < 1.29 is 24.6 Å². The highest BCUT2D eigenvalue weighted by molar-refractivity contribution is 6.01. The van der Waals surface area contributed by atoms with E-state index in [0.29, 0.717) is 18.3 Å². The number of aliphatic hydroxyl groups is 1. The lowest BCUT2D eigenvalue weighted by Gasteiger charge is -2.08. The number of aldehydes is 1. The zero-order valence-electron chi connectivity index (χ0n) is 10.2. The molecule has 0 unspecified atom stereocenters. The Morgan fingerprint density at radius 1 is 1.32 bits per heavy atom. The first-order valence-corrected chi connectivity index (χ1v) is 5.79. The van der Waals surface area contributed by atoms with Crippen LogP contribution in [-0.2, 0) is 4.79 Å². The van der Waals surface area contributed by atoms with E-state index >= 15 is 0 Å². The summed E-state index contributed by atoms with van der Waals surface area (Å²) in [6.07, 6.45) is -0.421. The van der Waals surface area contributed by atoms with Crippen molar-refractivity contribution in [3.63, 3.8) is 0 Å². The van der Waals surface area contributed by atoms with Crippen LogP contribution in [0, 0.1) is 0 Å². The third-order valence-electron chi connectivity index (χ3n) is 2.56. The van der Waals surface area contributed by atoms with Gasteiger partial charge in [0.2, 0.25) is 0 Å². The molecule has 0 heterocycles. The fraction of sp³-hybridized carbons (Fsp3) is 0.308. The summed E-state index contributed by atoms with van der Waals surface area (Å²) >= 11 is 0. The van der Waals surface area contributed by atoms with Crippen molar-refractivity contribution in [2.75, 3.05) is 6.54 Å². The molecule has 6 heteroatoms. The van der Waals surface area contributed by atoms with E-state index in [-0.39, 0.29) is 18.5 Å². The lowest BCUT2D eigenvalue weighted by molar-refractivity contribution is -0.146. The van der Waals surface area contributed by atoms with Crippen LogP contribution < -0.4 is 5.32 Å². The Bertz CT molecular complexity index is 472. The average molecular weight is 265 g/mol. The standard InChI is InChI=1S/C13H15NO5/c15-8-9-4-1-2-5-10(9)12(17)14-7-3-6-11(16)13(18)19/h1-2,4-5,8,11,16H,3,6-7H2,(H,14,17)(H,18,19)/t11-/m0/s1. The summed E-state index contributed by atoms with van der Waals surface area (Å²) in [6.45, 7) is 0.233. The van der Waals surface area contributed by atoms with E-state index in [4.69, 9.17) is 10.2 Å². The van der Waals surface area contributed by atoms with Crippen molar-refractivity contribution in [3.05, 3.63) is 35.4 Å². The van der Waals surface area contributed by atoms with Gasteiger partial charge in [-0.3, -0.25) is 9.59 Å². The molecule has 0 bridgehead atoms. The van der Waals surface area contributed by atoms with Gasteiger partial charge in [-0.25, -0.2) is 4.79 Å². The molecule has 0 fully saturated rings. The van der Waals surface area contributed by atoms with Gasteiger partial charge < -0.3 is 15.5 Å². The number of carbonyl (C=O) groups excluding carboxylic acids is 2. The summed E-state index contributed by atoms with van der Waals surface area (Å²) in [5.74, 6) is -1.68. The molecule has 0 radical (unpaired) electrons. The van der Waals surface area contributed by atoms with Crippen molar-refractivity contribution in [1.82, 2.24) is 5.32 Å². The molecule has 19 heavy (non-hydrogen) atoms. The minimum absolute atomic E-state index is 0.0605. The maximum absolute atomic E-state index is 11.8. The number of carboxylic acids is 1. The SMILES string of the molecule is O=Cc1ccccc1C(=O)NCCC[C@H](O)C(=O)O. The van der Waals surface area contributed by atoms with Gasteiger partial charge in [-0.2, -0.15) is 0 Å². The fourth-order valence-corrected chi connectivity index (χ4v) is 1.52. The Labute approximate surface area is 110 Å². The van der Waals surface area contributed by atoms with Crippen LogP contribution in [0.4, 0.5) is 0 Å². The van der Waals surface area contributed by atoms with E-state index in [1.807, 2.05) is 0 Å². The summed E-state index contributed by atoms with van der Waals surface area (Å²) in [7, 11) is 0. The van der Waals surface area contributed by atoms with E-state index in [1.165, 1.54) is 12.1 Å². The van der Waals surface area contributed by atoms with Crippen molar-refractivity contribution >= 4 is 18.2 Å². The van der Waals surface area contributed by atoms with Gasteiger partial charge in [0.15, 0.2) is 12.4 Å². The second kappa shape index (κ2) is 7.27. The smallest absolute Gasteiger partial charge is 0.332 e. The summed E-state index contributed by atoms with van der Waals surface area (Å²) in [4.78, 5) is 32.9. The largest absolute Gasteiger partial charge is 0.479 e. The molecule has 6 nitrogen and oxygen atoms in total. The number of aliphatic carboxylic acids is 1. The first kappa shape index (κ1) is 14.8. The Morgan fingerprint density at radius 2 is 2.00 bits per heavy atom. The second-order valence-electron chi connectivity index (χ2n) is 3.96. The summed E-state index contributed by atoms with van der Waals surface area (Å²) < 4.78 is 0. The quantitative estimate of drug-likeness (QED) is 0.490. The number of rotatable bonds is 7. The first-order chi connectivity index (χ1) is 9.06. The van der Waals surface area contributed by atoms with Crippen LogP contribution in [0.1, 0.15) is 33.6 Å². The molecule has 102 valence electrons. The minimum Gasteiger partial charge on any atom is -0.479 e. The van der Waals surface area contributed by atoms with Gasteiger partial charge in [0.25, 0.3) is 5.91 Å². The third-order valence-corrected chi connectivity index (χ3v) is 2.56. The molecule has 1 aromatic rings. The van der Waals surface area contributed by atoms with Crippen LogP contribution in [0.3, 0.4) is 0 Å². The maximum atomic E-state index is 11.8. The molecule has 1 atom stereocenters. The van der Waals surface area contributed by atoms with E-state index in [9.17, 15) is 14.4 Å². The van der Waals surface area contributed by atoms with E-state index < -0.39 is 18.0 Å². The predicted octanol–water partition coefficient (Wildman–Crippen LogP) is 0.455. The van der Waals surface area contributed by atoms with E-state index in [0.717, 1.165) is 0 Å². The topological polar surface area (TPSA) is 104 Å². The molecular formula is C13H15NO5. The average Bonchev–Trinajstić information content (AvgIpc) is 2.42. The highest BCUT2D eigenvalue weighted by Crippen LogP contribution is 2.06. The molecule has 0 aliphatic rings. The Balaban J connectivity index is 2.43. The van der Waals surface area contributed by atoms with Crippen LogP contribution in [-0.4, -0.2) is 41.0 Å². The van der Waals surface area contributed by atoms with Gasteiger partial charge in [0, 0.05) is 17.7 Å². The summed E-state index contributed by atoms with van der Waals surface area (Å²) in [5, 5.41) is 20.1. The molecule has 0 aliphatic carbocycles. The molecule has 1 amide bonds. The Kier molecular flexibility index (Phi) is 5.69. The first-order valence-electron chi connectivity index (χ1n) is 5.79. The number of hydrogen-bond donors (Lipinski definition) is 3. The number of nitrogens with one attached hydrogen (secondary N) is 1. The molecule has 0 aromatic heterocycles. The van der Waals surface area contributed by atoms with Gasteiger partial charge in [-0.15, -0.1) is 0 Å². The molecular weight excluding hydrogens is 250 g/mol. The second-order valence-corrected chi connectivity index (χ2v) is 3.96. The molecule has 1 rings (SSSR count). The molecule has 0 saturated heterocycles. The number of benzene rings is 1. The van der Waals surface area contributed by atoms with Crippen LogP contribution in [0.5, 0.6) is 0 Å². The highest BCUT2D eigenvalue weighted by atomic mass is 16.4. The van der Waals surface area contributed by atoms with Crippen LogP contribution in [0.15, 0.2) is 24.3 Å². The third kappa shape index (κ3) is 4.51. The van der Waals surface area contributed by atoms with Gasteiger partial charge in [0.05, 0.1) is 0 Å². The number of aliphatic hydroxyl groups excluding tert-OH is 1. The molecule has 0 saturated carbocycles. The Morgan fingerprint density at radius 3 is 2.63 bits per heavy atom. The number of carbonyl (C=O) groups is 3. The van der Waals surface area contributed by atoms with Crippen LogP contribution >= 0.6 is 0 Å². The summed E-state index contributed by atoms with van der Waals surface area (Å²) in [5.41, 5.74) is 0.571. The minimum atomic E-state index is -1.42.